The van der Waals surface area contributed by atoms with Crippen molar-refractivity contribution in [2.75, 3.05) is 5.32 Å². The number of phenols is 1. The van der Waals surface area contributed by atoms with Crippen molar-refractivity contribution >= 4 is 57.3 Å². The first-order chi connectivity index (χ1) is 15.6. The number of hydrogen-bond acceptors (Lipinski definition) is 4. The Labute approximate surface area is 208 Å². The van der Waals surface area contributed by atoms with Crippen molar-refractivity contribution in [3.05, 3.63) is 74.1 Å². The molecule has 172 valence electrons. The molecule has 1 aliphatic carbocycles. The highest BCUT2D eigenvalue weighted by Crippen LogP contribution is 2.45. The van der Waals surface area contributed by atoms with Gasteiger partial charge in [0.25, 0.3) is 5.91 Å². The fourth-order valence-electron chi connectivity index (χ4n) is 4.12. The highest BCUT2D eigenvalue weighted by atomic mass is 35.5. The van der Waals surface area contributed by atoms with Crippen LogP contribution in [0.25, 0.3) is 0 Å². The summed E-state index contributed by atoms with van der Waals surface area (Å²) in [6.45, 7) is 6.81. The molecule has 2 N–H and O–H groups in total. The van der Waals surface area contributed by atoms with Gasteiger partial charge in [0, 0.05) is 32.4 Å². The van der Waals surface area contributed by atoms with E-state index in [0.29, 0.717) is 37.8 Å². The van der Waals surface area contributed by atoms with Gasteiger partial charge in [0.15, 0.2) is 0 Å². The van der Waals surface area contributed by atoms with Crippen molar-refractivity contribution in [1.82, 2.24) is 0 Å². The first-order valence-electron chi connectivity index (χ1n) is 10.9. The molecule has 0 spiro atoms. The molecule has 0 saturated heterocycles. The van der Waals surface area contributed by atoms with Gasteiger partial charge in [-0.25, -0.2) is 4.99 Å². The minimum atomic E-state index is -0.188. The van der Waals surface area contributed by atoms with Crippen LogP contribution in [0.2, 0.25) is 10.0 Å². The van der Waals surface area contributed by atoms with E-state index in [1.54, 1.807) is 53.9 Å². The maximum Gasteiger partial charge on any atom is 0.259 e. The number of aliphatic imine (C=N–C) groups is 1. The molecule has 0 bridgehead atoms. The Morgan fingerprint density at radius 1 is 1.15 bits per heavy atom. The van der Waals surface area contributed by atoms with Crippen LogP contribution in [-0.2, 0) is 12.8 Å². The summed E-state index contributed by atoms with van der Waals surface area (Å²) < 4.78 is 0. The average Bonchev–Trinajstić information content (AvgIpc) is 3.13. The number of nitrogens with zero attached hydrogens (tertiary/aromatic N) is 1. The topological polar surface area (TPSA) is 61.7 Å². The third-order valence-electron chi connectivity index (χ3n) is 6.11. The zero-order chi connectivity index (χ0) is 23.8. The number of thiophene rings is 1. The van der Waals surface area contributed by atoms with Gasteiger partial charge in [0.05, 0.1) is 5.56 Å². The fourth-order valence-corrected chi connectivity index (χ4v) is 5.69. The zero-order valence-corrected chi connectivity index (χ0v) is 21.1. The SMILES string of the molecule is CC(C)(C)[C@@H]1CCc2c(sc(N=Cc3cc(Cl)ccc3O)c2C(=O)Nc2ccc(Cl)cc2)C1. The number of fused-ring (bicyclic) bond motifs is 1. The van der Waals surface area contributed by atoms with E-state index in [0.717, 1.165) is 24.8 Å². The summed E-state index contributed by atoms with van der Waals surface area (Å²) in [5.41, 5.74) is 3.06. The number of anilines is 1. The molecule has 1 amide bonds. The maximum atomic E-state index is 13.4. The van der Waals surface area contributed by atoms with Crippen molar-refractivity contribution < 1.29 is 9.90 Å². The second-order valence-corrected chi connectivity index (χ2v) is 11.4. The van der Waals surface area contributed by atoms with E-state index < -0.39 is 0 Å². The lowest BCUT2D eigenvalue weighted by molar-refractivity contribution is 0.102. The number of aromatic hydroxyl groups is 1. The van der Waals surface area contributed by atoms with Crippen molar-refractivity contribution in [3.8, 4) is 5.75 Å². The second-order valence-electron chi connectivity index (χ2n) is 9.41. The van der Waals surface area contributed by atoms with Crippen LogP contribution in [0.1, 0.15) is 53.6 Å². The van der Waals surface area contributed by atoms with Gasteiger partial charge >= 0.3 is 0 Å². The number of carbonyl (C=O) groups excluding carboxylic acids is 1. The molecule has 0 saturated carbocycles. The number of rotatable bonds is 4. The Kier molecular flexibility index (Phi) is 6.85. The van der Waals surface area contributed by atoms with Crippen LogP contribution >= 0.6 is 34.5 Å². The number of halogens is 2. The average molecular weight is 501 g/mol. The van der Waals surface area contributed by atoms with Crippen LogP contribution in [0.4, 0.5) is 10.7 Å². The number of nitrogens with one attached hydrogen (secondary N) is 1. The van der Waals surface area contributed by atoms with Crippen LogP contribution in [0, 0.1) is 11.3 Å². The lowest BCUT2D eigenvalue weighted by atomic mass is 9.72. The predicted octanol–water partition coefficient (Wildman–Crippen LogP) is 7.91. The normalized spacial score (nSPS) is 16.1. The Balaban J connectivity index is 1.72. The van der Waals surface area contributed by atoms with E-state index in [1.807, 2.05) is 0 Å². The Bertz CT molecular complexity index is 1210. The molecule has 1 atom stereocenters. The summed E-state index contributed by atoms with van der Waals surface area (Å²) in [5, 5.41) is 14.9. The largest absolute Gasteiger partial charge is 0.507 e. The van der Waals surface area contributed by atoms with Crippen molar-refractivity contribution in [2.24, 2.45) is 16.3 Å². The summed E-state index contributed by atoms with van der Waals surface area (Å²) in [5.74, 6) is 0.445. The van der Waals surface area contributed by atoms with Gasteiger partial charge in [-0.2, -0.15) is 0 Å². The van der Waals surface area contributed by atoms with Gasteiger partial charge in [-0.05, 0) is 78.6 Å². The Morgan fingerprint density at radius 3 is 2.55 bits per heavy atom. The van der Waals surface area contributed by atoms with Gasteiger partial charge in [-0.1, -0.05) is 44.0 Å². The Hall–Kier alpha value is -2.34. The van der Waals surface area contributed by atoms with Gasteiger partial charge in [-0.15, -0.1) is 11.3 Å². The minimum absolute atomic E-state index is 0.0874. The lowest BCUT2D eigenvalue weighted by Crippen LogP contribution is -2.27. The molecule has 4 nitrogen and oxygen atoms in total. The van der Waals surface area contributed by atoms with Crippen molar-refractivity contribution in [3.63, 3.8) is 0 Å². The molecule has 1 heterocycles. The van der Waals surface area contributed by atoms with E-state index in [4.69, 9.17) is 23.2 Å². The Morgan fingerprint density at radius 2 is 1.85 bits per heavy atom. The first kappa shape index (κ1) is 23.8. The van der Waals surface area contributed by atoms with Crippen molar-refractivity contribution in [2.45, 2.75) is 40.0 Å². The molecule has 3 aromatic rings. The van der Waals surface area contributed by atoms with E-state index in [2.05, 4.69) is 31.1 Å². The van der Waals surface area contributed by atoms with Crippen LogP contribution in [0.3, 0.4) is 0 Å². The molecule has 33 heavy (non-hydrogen) atoms. The zero-order valence-electron chi connectivity index (χ0n) is 18.8. The van der Waals surface area contributed by atoms with Crippen LogP contribution in [-0.4, -0.2) is 17.2 Å². The van der Waals surface area contributed by atoms with Crippen LogP contribution < -0.4 is 5.32 Å². The molecule has 0 unspecified atom stereocenters. The monoisotopic (exact) mass is 500 g/mol. The number of carbonyl (C=O) groups is 1. The van der Waals surface area contributed by atoms with Gasteiger partial charge in [-0.3, -0.25) is 4.79 Å². The number of amides is 1. The fraction of sp³-hybridized carbons (Fsp3) is 0.308. The summed E-state index contributed by atoms with van der Waals surface area (Å²) in [6, 6.07) is 11.9. The van der Waals surface area contributed by atoms with Crippen LogP contribution in [0.5, 0.6) is 5.75 Å². The standard InChI is InChI=1S/C26H26Cl2N2O2S/c1-26(2,3)16-4-10-20-22(13-16)33-25(29-14-15-12-18(28)7-11-21(15)31)23(20)24(32)30-19-8-5-17(27)6-9-19/h5-9,11-12,14,16,31H,4,10,13H2,1-3H3,(H,30,32)/t16-/m1/s1. The molecule has 2 aromatic carbocycles. The molecule has 1 aliphatic rings. The second kappa shape index (κ2) is 9.49. The number of phenolic OH excluding ortho intramolecular Hbond substituents is 1. The molecule has 0 fully saturated rings. The molecular formula is C26H26Cl2N2O2S. The van der Waals surface area contributed by atoms with E-state index >= 15 is 0 Å². The maximum absolute atomic E-state index is 13.4. The van der Waals surface area contributed by atoms with Crippen LogP contribution in [0.15, 0.2) is 47.5 Å². The number of hydrogen-bond donors (Lipinski definition) is 2. The van der Waals surface area contributed by atoms with Gasteiger partial charge in [0.2, 0.25) is 0 Å². The molecule has 7 heteroatoms. The minimum Gasteiger partial charge on any atom is -0.507 e. The summed E-state index contributed by atoms with van der Waals surface area (Å²) >= 11 is 13.6. The smallest absolute Gasteiger partial charge is 0.259 e. The van der Waals surface area contributed by atoms with E-state index in [1.165, 1.54) is 10.9 Å². The third kappa shape index (κ3) is 5.43. The molecule has 4 rings (SSSR count). The summed E-state index contributed by atoms with van der Waals surface area (Å²) in [6.07, 6.45) is 4.38. The van der Waals surface area contributed by atoms with Gasteiger partial charge < -0.3 is 10.4 Å². The van der Waals surface area contributed by atoms with E-state index in [-0.39, 0.29) is 17.1 Å². The van der Waals surface area contributed by atoms with Gasteiger partial charge in [0.1, 0.15) is 10.8 Å². The summed E-state index contributed by atoms with van der Waals surface area (Å²) in [7, 11) is 0. The molecule has 0 radical (unpaired) electrons. The quantitative estimate of drug-likeness (QED) is 0.357. The highest BCUT2D eigenvalue weighted by molar-refractivity contribution is 7.16. The molecular weight excluding hydrogens is 475 g/mol. The lowest BCUT2D eigenvalue weighted by Gasteiger charge is -2.33. The number of benzene rings is 2. The molecule has 1 aromatic heterocycles. The predicted molar refractivity (Wildman–Crippen MR) is 139 cm³/mol. The van der Waals surface area contributed by atoms with E-state index in [9.17, 15) is 9.90 Å². The van der Waals surface area contributed by atoms with Crippen molar-refractivity contribution in [1.29, 1.82) is 0 Å². The first-order valence-corrected chi connectivity index (χ1v) is 12.4. The molecule has 0 aliphatic heterocycles. The summed E-state index contributed by atoms with van der Waals surface area (Å²) in [4.78, 5) is 19.2. The third-order valence-corrected chi connectivity index (χ3v) is 7.76. The highest BCUT2D eigenvalue weighted by Gasteiger charge is 2.33.